The zero-order valence-corrected chi connectivity index (χ0v) is 21.1. The molecule has 0 saturated carbocycles. The molecular weight excluding hydrogens is 466 g/mol. The number of halogens is 1. The second-order valence-electron chi connectivity index (χ2n) is 8.12. The molecule has 0 radical (unpaired) electrons. The molecule has 0 N–H and O–H groups in total. The summed E-state index contributed by atoms with van der Waals surface area (Å²) in [6.07, 6.45) is 0.374. The molecular formula is C23H28ClN3O3S2. The van der Waals surface area contributed by atoms with Gasteiger partial charge in [-0.15, -0.1) is 0 Å². The molecule has 0 unspecified atom stereocenters. The van der Waals surface area contributed by atoms with E-state index in [1.165, 1.54) is 11.3 Å². The number of likely N-dealkylation sites (N-methyl/N-ethyl adjacent to an activating group) is 1. The van der Waals surface area contributed by atoms with Crippen molar-refractivity contribution in [2.45, 2.75) is 31.6 Å². The molecule has 0 saturated heterocycles. The third-order valence-electron chi connectivity index (χ3n) is 5.17. The van der Waals surface area contributed by atoms with Gasteiger partial charge in [-0.05, 0) is 58.1 Å². The summed E-state index contributed by atoms with van der Waals surface area (Å²) in [5.74, 6) is -0.215. The molecule has 0 aliphatic rings. The number of nitrogens with zero attached hydrogens (tertiary/aromatic N) is 3. The minimum absolute atomic E-state index is 0.0753. The molecule has 3 aromatic rings. The van der Waals surface area contributed by atoms with Crippen molar-refractivity contribution < 1.29 is 13.2 Å². The van der Waals surface area contributed by atoms with Gasteiger partial charge in [0.1, 0.15) is 0 Å². The van der Waals surface area contributed by atoms with Gasteiger partial charge in [-0.2, -0.15) is 0 Å². The summed E-state index contributed by atoms with van der Waals surface area (Å²) >= 11 is 7.74. The van der Waals surface area contributed by atoms with Crippen LogP contribution >= 0.6 is 22.9 Å². The number of aryl methyl sites for hydroxylation is 2. The number of anilines is 1. The molecule has 1 amide bonds. The minimum atomic E-state index is -3.43. The van der Waals surface area contributed by atoms with E-state index in [1.54, 1.807) is 29.2 Å². The molecule has 0 bridgehead atoms. The molecule has 0 fully saturated rings. The SMILES string of the molecule is Cc1ccc(S(=O)(=O)CCCC(=O)N(CCN(C)C)c2nc3c(C)ccc(Cl)c3s2)cc1. The molecule has 9 heteroatoms. The second kappa shape index (κ2) is 10.3. The van der Waals surface area contributed by atoms with E-state index in [1.807, 2.05) is 45.0 Å². The zero-order valence-electron chi connectivity index (χ0n) is 18.8. The van der Waals surface area contributed by atoms with Crippen molar-refractivity contribution in [3.05, 3.63) is 52.5 Å². The Morgan fingerprint density at radius 1 is 1.06 bits per heavy atom. The van der Waals surface area contributed by atoms with Gasteiger partial charge in [-0.25, -0.2) is 13.4 Å². The number of hydrogen-bond acceptors (Lipinski definition) is 6. The van der Waals surface area contributed by atoms with E-state index in [0.717, 1.165) is 21.3 Å². The highest BCUT2D eigenvalue weighted by Crippen LogP contribution is 2.35. The van der Waals surface area contributed by atoms with Gasteiger partial charge >= 0.3 is 0 Å². The molecule has 0 aliphatic carbocycles. The maximum absolute atomic E-state index is 13.1. The molecule has 0 spiro atoms. The molecule has 1 heterocycles. The van der Waals surface area contributed by atoms with E-state index >= 15 is 0 Å². The monoisotopic (exact) mass is 493 g/mol. The number of thiazole rings is 1. The van der Waals surface area contributed by atoms with Crippen molar-refractivity contribution in [3.63, 3.8) is 0 Å². The second-order valence-corrected chi connectivity index (χ2v) is 11.6. The first-order valence-electron chi connectivity index (χ1n) is 10.4. The van der Waals surface area contributed by atoms with Crippen molar-refractivity contribution >= 4 is 54.0 Å². The molecule has 0 atom stereocenters. The fourth-order valence-corrected chi connectivity index (χ4v) is 5.92. The largest absolute Gasteiger partial charge is 0.308 e. The van der Waals surface area contributed by atoms with Crippen LogP contribution in [0.25, 0.3) is 10.2 Å². The van der Waals surface area contributed by atoms with Gasteiger partial charge in [0.2, 0.25) is 5.91 Å². The van der Waals surface area contributed by atoms with E-state index in [0.29, 0.717) is 23.2 Å². The topological polar surface area (TPSA) is 70.6 Å². The fraction of sp³-hybridized carbons (Fsp3) is 0.391. The Morgan fingerprint density at radius 3 is 2.38 bits per heavy atom. The van der Waals surface area contributed by atoms with E-state index < -0.39 is 9.84 Å². The van der Waals surface area contributed by atoms with Crippen LogP contribution in [0.5, 0.6) is 0 Å². The van der Waals surface area contributed by atoms with Gasteiger partial charge in [0, 0.05) is 19.5 Å². The van der Waals surface area contributed by atoms with Crippen molar-refractivity contribution in [3.8, 4) is 0 Å². The maximum Gasteiger partial charge on any atom is 0.228 e. The lowest BCUT2D eigenvalue weighted by molar-refractivity contribution is -0.118. The van der Waals surface area contributed by atoms with Gasteiger partial charge < -0.3 is 4.90 Å². The lowest BCUT2D eigenvalue weighted by Gasteiger charge is -2.22. The van der Waals surface area contributed by atoms with Crippen molar-refractivity contribution in [1.82, 2.24) is 9.88 Å². The van der Waals surface area contributed by atoms with E-state index in [2.05, 4.69) is 4.98 Å². The lowest BCUT2D eigenvalue weighted by Crippen LogP contribution is -2.36. The Kier molecular flexibility index (Phi) is 7.92. The zero-order chi connectivity index (χ0) is 23.5. The predicted molar refractivity (Wildman–Crippen MR) is 133 cm³/mol. The highest BCUT2D eigenvalue weighted by atomic mass is 35.5. The number of aromatic nitrogens is 1. The highest BCUT2D eigenvalue weighted by molar-refractivity contribution is 7.91. The number of hydrogen-bond donors (Lipinski definition) is 0. The molecule has 6 nitrogen and oxygen atoms in total. The fourth-order valence-electron chi connectivity index (χ4n) is 3.25. The van der Waals surface area contributed by atoms with Gasteiger partial charge in [-0.1, -0.05) is 46.7 Å². The normalized spacial score (nSPS) is 11.9. The Labute approximate surface area is 198 Å². The van der Waals surface area contributed by atoms with Gasteiger partial charge in [-0.3, -0.25) is 9.69 Å². The summed E-state index contributed by atoms with van der Waals surface area (Å²) in [7, 11) is 0.451. The Bertz CT molecular complexity index is 1170. The lowest BCUT2D eigenvalue weighted by atomic mass is 10.2. The highest BCUT2D eigenvalue weighted by Gasteiger charge is 2.22. The molecule has 0 aliphatic heterocycles. The van der Waals surface area contributed by atoms with Crippen LogP contribution in [-0.4, -0.2) is 57.1 Å². The van der Waals surface area contributed by atoms with E-state index in [-0.39, 0.29) is 29.4 Å². The van der Waals surface area contributed by atoms with Crippen LogP contribution in [-0.2, 0) is 14.6 Å². The summed E-state index contributed by atoms with van der Waals surface area (Å²) in [5.41, 5.74) is 2.79. The Morgan fingerprint density at radius 2 is 1.75 bits per heavy atom. The van der Waals surface area contributed by atoms with Crippen molar-refractivity contribution in [2.24, 2.45) is 0 Å². The average Bonchev–Trinajstić information content (AvgIpc) is 3.17. The van der Waals surface area contributed by atoms with Gasteiger partial charge in [0.05, 0.1) is 25.9 Å². The van der Waals surface area contributed by atoms with Crippen LogP contribution in [0.3, 0.4) is 0 Å². The van der Waals surface area contributed by atoms with Gasteiger partial charge in [0.25, 0.3) is 0 Å². The standard InChI is InChI=1S/C23H28ClN3O3S2/c1-16-7-10-18(11-8-16)32(29,30)15-5-6-20(28)27(14-13-26(3)4)23-25-21-17(2)9-12-19(24)22(21)31-23/h7-12H,5-6,13-15H2,1-4H3. The average molecular weight is 494 g/mol. The first-order valence-corrected chi connectivity index (χ1v) is 13.2. The molecule has 2 aromatic carbocycles. The van der Waals surface area contributed by atoms with Crippen molar-refractivity contribution in [1.29, 1.82) is 0 Å². The van der Waals surface area contributed by atoms with Crippen LogP contribution in [0.4, 0.5) is 5.13 Å². The number of fused-ring (bicyclic) bond motifs is 1. The predicted octanol–water partition coefficient (Wildman–Crippen LogP) is 4.72. The smallest absolute Gasteiger partial charge is 0.228 e. The van der Waals surface area contributed by atoms with Gasteiger partial charge in [0.15, 0.2) is 15.0 Å². The van der Waals surface area contributed by atoms with Crippen LogP contribution in [0.1, 0.15) is 24.0 Å². The van der Waals surface area contributed by atoms with Crippen LogP contribution in [0, 0.1) is 13.8 Å². The number of sulfone groups is 1. The number of benzene rings is 2. The summed E-state index contributed by atoms with van der Waals surface area (Å²) < 4.78 is 26.1. The quantitative estimate of drug-likeness (QED) is 0.431. The maximum atomic E-state index is 13.1. The molecule has 1 aromatic heterocycles. The van der Waals surface area contributed by atoms with E-state index in [9.17, 15) is 13.2 Å². The Hall–Kier alpha value is -2.00. The third-order valence-corrected chi connectivity index (χ3v) is 8.53. The summed E-state index contributed by atoms with van der Waals surface area (Å²) in [4.78, 5) is 21.7. The first-order chi connectivity index (χ1) is 15.1. The van der Waals surface area contributed by atoms with Crippen LogP contribution in [0.15, 0.2) is 41.3 Å². The first kappa shape index (κ1) is 24.6. The van der Waals surface area contributed by atoms with E-state index in [4.69, 9.17) is 11.6 Å². The van der Waals surface area contributed by atoms with Crippen molar-refractivity contribution in [2.75, 3.05) is 37.8 Å². The summed E-state index contributed by atoms with van der Waals surface area (Å²) in [6.45, 7) is 5.00. The number of amides is 1. The molecule has 172 valence electrons. The third kappa shape index (κ3) is 5.86. The number of rotatable bonds is 9. The summed E-state index contributed by atoms with van der Waals surface area (Å²) in [5, 5.41) is 1.20. The van der Waals surface area contributed by atoms with Crippen LogP contribution in [0.2, 0.25) is 5.02 Å². The summed E-state index contributed by atoms with van der Waals surface area (Å²) in [6, 6.07) is 10.5. The number of carbonyl (C=O) groups is 1. The number of carbonyl (C=O) groups excluding carboxylic acids is 1. The minimum Gasteiger partial charge on any atom is -0.308 e. The molecule has 32 heavy (non-hydrogen) atoms. The molecule has 3 rings (SSSR count). The van der Waals surface area contributed by atoms with Crippen LogP contribution < -0.4 is 4.90 Å². The Balaban J connectivity index is 1.76.